The Morgan fingerprint density at radius 3 is 2.64 bits per heavy atom. The van der Waals surface area contributed by atoms with Crippen molar-refractivity contribution in [1.29, 1.82) is 0 Å². The number of ether oxygens (including phenoxy) is 2. The number of rotatable bonds is 3. The zero-order valence-electron chi connectivity index (χ0n) is 15.2. The normalized spacial score (nSPS) is 22.8. The number of hydrogen-bond donors (Lipinski definition) is 1. The maximum Gasteiger partial charge on any atom is 0.168 e. The number of methoxy groups -OCH3 is 2. The standard InChI is InChI=1S/C21H25NO3/c1-12(23)16-11-22(2)17-10-13-8-9-18(24-3)21(25-4)19(13)15-7-5-6-14(16)20(15)17/h5-9,12,16-17,23H,10-11H2,1-4H3/t12?,16?,17-/m1/s1. The topological polar surface area (TPSA) is 41.9 Å². The molecular weight excluding hydrogens is 314 g/mol. The Morgan fingerprint density at radius 2 is 1.96 bits per heavy atom. The van der Waals surface area contributed by atoms with E-state index in [9.17, 15) is 5.11 Å². The monoisotopic (exact) mass is 339 g/mol. The van der Waals surface area contributed by atoms with Gasteiger partial charge < -0.3 is 14.6 Å². The molecule has 0 saturated carbocycles. The molecule has 0 fully saturated rings. The highest BCUT2D eigenvalue weighted by atomic mass is 16.5. The first-order valence-electron chi connectivity index (χ1n) is 8.82. The lowest BCUT2D eigenvalue weighted by atomic mass is 9.73. The molecule has 25 heavy (non-hydrogen) atoms. The van der Waals surface area contributed by atoms with E-state index in [0.717, 1.165) is 30.0 Å². The van der Waals surface area contributed by atoms with Gasteiger partial charge in [0, 0.05) is 24.1 Å². The maximum absolute atomic E-state index is 10.3. The summed E-state index contributed by atoms with van der Waals surface area (Å²) in [7, 11) is 5.53. The van der Waals surface area contributed by atoms with E-state index in [-0.39, 0.29) is 12.0 Å². The largest absolute Gasteiger partial charge is 0.493 e. The SMILES string of the molecule is COc1ccc2c(c1OC)-c1cccc3c1[C@@H](C2)N(C)CC3C(C)O. The Kier molecular flexibility index (Phi) is 3.97. The second-order valence-electron chi connectivity index (χ2n) is 7.15. The van der Waals surface area contributed by atoms with E-state index in [1.165, 1.54) is 22.3 Å². The fraction of sp³-hybridized carbons (Fsp3) is 0.429. The van der Waals surface area contributed by atoms with Gasteiger partial charge in [-0.25, -0.2) is 0 Å². The zero-order valence-corrected chi connectivity index (χ0v) is 15.2. The molecule has 2 aromatic rings. The predicted octanol–water partition coefficient (Wildman–Crippen LogP) is 3.38. The van der Waals surface area contributed by atoms with Crippen LogP contribution in [-0.4, -0.2) is 43.9 Å². The van der Waals surface area contributed by atoms with Gasteiger partial charge in [0.2, 0.25) is 0 Å². The third-order valence-electron chi connectivity index (χ3n) is 5.79. The van der Waals surface area contributed by atoms with Crippen LogP contribution in [0.4, 0.5) is 0 Å². The average molecular weight is 339 g/mol. The molecule has 0 amide bonds. The van der Waals surface area contributed by atoms with Gasteiger partial charge in [-0.2, -0.15) is 0 Å². The third kappa shape index (κ3) is 2.35. The number of aliphatic hydroxyl groups excluding tert-OH is 1. The van der Waals surface area contributed by atoms with Crippen molar-refractivity contribution in [3.63, 3.8) is 0 Å². The van der Waals surface area contributed by atoms with Crippen LogP contribution in [0.15, 0.2) is 30.3 Å². The Bertz CT molecular complexity index is 815. The molecule has 0 radical (unpaired) electrons. The van der Waals surface area contributed by atoms with Crippen molar-refractivity contribution in [1.82, 2.24) is 4.90 Å². The maximum atomic E-state index is 10.3. The van der Waals surface area contributed by atoms with Crippen LogP contribution in [0.2, 0.25) is 0 Å². The molecule has 2 aromatic carbocycles. The summed E-state index contributed by atoms with van der Waals surface area (Å²) in [5.41, 5.74) is 6.23. The summed E-state index contributed by atoms with van der Waals surface area (Å²) in [6.45, 7) is 2.76. The predicted molar refractivity (Wildman–Crippen MR) is 98.5 cm³/mol. The van der Waals surface area contributed by atoms with Crippen molar-refractivity contribution in [2.75, 3.05) is 27.8 Å². The second-order valence-corrected chi connectivity index (χ2v) is 7.15. The lowest BCUT2D eigenvalue weighted by molar-refractivity contribution is 0.110. The summed E-state index contributed by atoms with van der Waals surface area (Å²) < 4.78 is 11.3. The van der Waals surface area contributed by atoms with Crippen molar-refractivity contribution < 1.29 is 14.6 Å². The molecule has 1 aliphatic heterocycles. The Labute approximate surface area is 149 Å². The Balaban J connectivity index is 2.00. The van der Waals surface area contributed by atoms with E-state index in [0.29, 0.717) is 6.04 Å². The number of likely N-dealkylation sites (N-methyl/N-ethyl adjacent to an activating group) is 1. The van der Waals surface area contributed by atoms with Crippen molar-refractivity contribution in [2.24, 2.45) is 0 Å². The van der Waals surface area contributed by atoms with Crippen LogP contribution in [0.1, 0.15) is 35.6 Å². The van der Waals surface area contributed by atoms with Crippen molar-refractivity contribution in [3.8, 4) is 22.6 Å². The second kappa shape index (κ2) is 6.04. The molecule has 2 unspecified atom stereocenters. The molecule has 1 heterocycles. The average Bonchev–Trinajstić information content (AvgIpc) is 2.62. The first kappa shape index (κ1) is 16.4. The molecule has 4 rings (SSSR count). The van der Waals surface area contributed by atoms with Crippen LogP contribution in [0.5, 0.6) is 11.5 Å². The highest BCUT2D eigenvalue weighted by Gasteiger charge is 2.39. The Morgan fingerprint density at radius 1 is 1.16 bits per heavy atom. The first-order chi connectivity index (χ1) is 12.1. The Hall–Kier alpha value is -2.04. The molecule has 132 valence electrons. The lowest BCUT2D eigenvalue weighted by Gasteiger charge is -2.44. The van der Waals surface area contributed by atoms with Crippen molar-refractivity contribution in [3.05, 3.63) is 47.0 Å². The summed E-state index contributed by atoms with van der Waals surface area (Å²) >= 11 is 0. The van der Waals surface area contributed by atoms with Gasteiger partial charge in [-0.3, -0.25) is 4.90 Å². The fourth-order valence-corrected chi connectivity index (χ4v) is 4.56. The minimum absolute atomic E-state index is 0.134. The molecule has 1 N–H and O–H groups in total. The van der Waals surface area contributed by atoms with Gasteiger partial charge >= 0.3 is 0 Å². The number of aliphatic hydroxyl groups is 1. The molecule has 0 saturated heterocycles. The van der Waals surface area contributed by atoms with E-state index in [1.54, 1.807) is 14.2 Å². The van der Waals surface area contributed by atoms with E-state index < -0.39 is 0 Å². The van der Waals surface area contributed by atoms with Crippen molar-refractivity contribution >= 4 is 0 Å². The number of fused-ring (bicyclic) bond motifs is 2. The zero-order chi connectivity index (χ0) is 17.7. The molecule has 0 spiro atoms. The van der Waals surface area contributed by atoms with E-state index in [2.05, 4.69) is 36.2 Å². The number of hydrogen-bond acceptors (Lipinski definition) is 4. The summed E-state index contributed by atoms with van der Waals surface area (Å²) in [4.78, 5) is 2.38. The highest BCUT2D eigenvalue weighted by Crippen LogP contribution is 2.52. The molecule has 0 bridgehead atoms. The van der Waals surface area contributed by atoms with Crippen LogP contribution in [0, 0.1) is 0 Å². The highest BCUT2D eigenvalue weighted by molar-refractivity contribution is 5.83. The van der Waals surface area contributed by atoms with Gasteiger partial charge in [-0.15, -0.1) is 0 Å². The van der Waals surface area contributed by atoms with Gasteiger partial charge in [0.05, 0.1) is 20.3 Å². The summed E-state index contributed by atoms with van der Waals surface area (Å²) in [5.74, 6) is 1.69. The van der Waals surface area contributed by atoms with Crippen LogP contribution >= 0.6 is 0 Å². The van der Waals surface area contributed by atoms with Crippen molar-refractivity contribution in [2.45, 2.75) is 31.4 Å². The number of benzene rings is 2. The van der Waals surface area contributed by atoms with Gasteiger partial charge in [-0.05, 0) is 48.7 Å². The van der Waals surface area contributed by atoms with Gasteiger partial charge in [0.1, 0.15) is 0 Å². The summed E-state index contributed by atoms with van der Waals surface area (Å²) in [5, 5.41) is 10.3. The van der Waals surface area contributed by atoms with Gasteiger partial charge in [0.25, 0.3) is 0 Å². The molecule has 1 aliphatic carbocycles. The quantitative estimate of drug-likeness (QED) is 0.931. The third-order valence-corrected chi connectivity index (χ3v) is 5.79. The summed E-state index contributed by atoms with van der Waals surface area (Å²) in [6, 6.07) is 10.9. The molecular formula is C21H25NO3. The lowest BCUT2D eigenvalue weighted by Crippen LogP contribution is -2.41. The van der Waals surface area contributed by atoms with Gasteiger partial charge in [0.15, 0.2) is 11.5 Å². The van der Waals surface area contributed by atoms with E-state index >= 15 is 0 Å². The van der Waals surface area contributed by atoms with Crippen LogP contribution in [0.3, 0.4) is 0 Å². The number of nitrogens with zero attached hydrogens (tertiary/aromatic N) is 1. The molecule has 3 atom stereocenters. The fourth-order valence-electron chi connectivity index (χ4n) is 4.56. The van der Waals surface area contributed by atoms with Crippen LogP contribution in [0.25, 0.3) is 11.1 Å². The smallest absolute Gasteiger partial charge is 0.168 e. The minimum Gasteiger partial charge on any atom is -0.493 e. The van der Waals surface area contributed by atoms with Gasteiger partial charge in [-0.1, -0.05) is 24.3 Å². The van der Waals surface area contributed by atoms with Crippen LogP contribution < -0.4 is 9.47 Å². The first-order valence-corrected chi connectivity index (χ1v) is 8.82. The molecule has 2 aliphatic rings. The molecule has 4 heteroatoms. The molecule has 4 nitrogen and oxygen atoms in total. The van der Waals surface area contributed by atoms with E-state index in [4.69, 9.17) is 9.47 Å². The summed E-state index contributed by atoms with van der Waals surface area (Å²) in [6.07, 6.45) is 0.575. The van der Waals surface area contributed by atoms with E-state index in [1.807, 2.05) is 13.0 Å². The molecule has 0 aromatic heterocycles. The van der Waals surface area contributed by atoms with Crippen LogP contribution in [-0.2, 0) is 6.42 Å². The minimum atomic E-state index is -0.372.